The average molecular weight is 553 g/mol. The SMILES string of the molecule is COc1ccc(C2CC(CNS(=O)(=O)c3cc(C)c(Cl)cc3C)=NN2c2ccc(Cl)cc2Cl)cc1. The lowest BCUT2D eigenvalue weighted by Crippen LogP contribution is -2.29. The largest absolute Gasteiger partial charge is 0.497 e. The maximum Gasteiger partial charge on any atom is 0.241 e. The van der Waals surface area contributed by atoms with Gasteiger partial charge in [-0.15, -0.1) is 0 Å². The third-order valence-corrected chi connectivity index (χ3v) is 8.33. The van der Waals surface area contributed by atoms with E-state index in [4.69, 9.17) is 44.6 Å². The van der Waals surface area contributed by atoms with Crippen molar-refractivity contribution in [3.63, 3.8) is 0 Å². The standard InChI is InChI=1S/C25H24Cl3N3O3S/c1-15-11-25(16(2)10-21(15)27)35(32,33)29-14-19-13-24(17-4-7-20(34-3)8-5-17)31(30-19)23-9-6-18(26)12-22(23)28/h4-12,24,29H,13-14H2,1-3H3. The second-order valence-electron chi connectivity index (χ2n) is 8.29. The molecule has 1 heterocycles. The number of anilines is 1. The van der Waals surface area contributed by atoms with Crippen LogP contribution in [0.3, 0.4) is 0 Å². The molecule has 4 rings (SSSR count). The second kappa shape index (κ2) is 10.4. The van der Waals surface area contributed by atoms with E-state index < -0.39 is 10.0 Å². The summed E-state index contributed by atoms with van der Waals surface area (Å²) in [5.41, 5.74) is 3.61. The van der Waals surface area contributed by atoms with Gasteiger partial charge in [-0.2, -0.15) is 5.10 Å². The summed E-state index contributed by atoms with van der Waals surface area (Å²) in [6, 6.07) is 15.9. The number of methoxy groups -OCH3 is 1. The highest BCUT2D eigenvalue weighted by Crippen LogP contribution is 2.40. The lowest BCUT2D eigenvalue weighted by molar-refractivity contribution is 0.414. The van der Waals surface area contributed by atoms with Crippen LogP contribution in [0.25, 0.3) is 0 Å². The number of benzene rings is 3. The fourth-order valence-corrected chi connectivity index (χ4v) is 5.99. The van der Waals surface area contributed by atoms with Gasteiger partial charge in [0.05, 0.1) is 41.0 Å². The fraction of sp³-hybridized carbons (Fsp3) is 0.240. The van der Waals surface area contributed by atoms with Crippen molar-refractivity contribution < 1.29 is 13.2 Å². The summed E-state index contributed by atoms with van der Waals surface area (Å²) >= 11 is 18.7. The molecule has 1 N–H and O–H groups in total. The molecule has 0 fully saturated rings. The van der Waals surface area contributed by atoms with E-state index in [1.165, 1.54) is 0 Å². The zero-order chi connectivity index (χ0) is 25.3. The number of nitrogens with one attached hydrogen (secondary N) is 1. The first-order valence-electron chi connectivity index (χ1n) is 10.8. The number of ether oxygens (including phenoxy) is 1. The van der Waals surface area contributed by atoms with Crippen LogP contribution in [-0.4, -0.2) is 27.8 Å². The number of nitrogens with zero attached hydrogens (tertiary/aromatic N) is 2. The molecule has 1 aliphatic rings. The van der Waals surface area contributed by atoms with Crippen LogP contribution < -0.4 is 14.5 Å². The molecule has 0 aliphatic carbocycles. The normalized spacial score (nSPS) is 15.9. The summed E-state index contributed by atoms with van der Waals surface area (Å²) in [6.45, 7) is 3.55. The second-order valence-corrected chi connectivity index (χ2v) is 11.3. The van der Waals surface area contributed by atoms with Crippen LogP contribution in [0.2, 0.25) is 15.1 Å². The summed E-state index contributed by atoms with van der Waals surface area (Å²) in [5.74, 6) is 0.741. The summed E-state index contributed by atoms with van der Waals surface area (Å²) in [6.07, 6.45) is 0.506. The molecule has 0 saturated heterocycles. The lowest BCUT2D eigenvalue weighted by Gasteiger charge is -2.25. The Balaban J connectivity index is 1.62. The summed E-state index contributed by atoms with van der Waals surface area (Å²) in [4.78, 5) is 0.197. The van der Waals surface area contributed by atoms with Crippen molar-refractivity contribution in [2.45, 2.75) is 31.2 Å². The van der Waals surface area contributed by atoms with Crippen molar-refractivity contribution in [1.29, 1.82) is 0 Å². The van der Waals surface area contributed by atoms with Gasteiger partial charge in [0.15, 0.2) is 0 Å². The zero-order valence-electron chi connectivity index (χ0n) is 19.3. The van der Waals surface area contributed by atoms with Crippen LogP contribution >= 0.6 is 34.8 Å². The molecule has 0 saturated carbocycles. The Morgan fingerprint density at radius 1 is 1.00 bits per heavy atom. The van der Waals surface area contributed by atoms with Gasteiger partial charge in [-0.3, -0.25) is 5.01 Å². The van der Waals surface area contributed by atoms with Crippen molar-refractivity contribution in [2.75, 3.05) is 18.7 Å². The highest BCUT2D eigenvalue weighted by molar-refractivity contribution is 7.89. The van der Waals surface area contributed by atoms with Gasteiger partial charge >= 0.3 is 0 Å². The number of aryl methyl sites for hydroxylation is 2. The van der Waals surface area contributed by atoms with Gasteiger partial charge in [0.1, 0.15) is 5.75 Å². The van der Waals surface area contributed by atoms with Crippen LogP contribution in [-0.2, 0) is 10.0 Å². The van der Waals surface area contributed by atoms with Gasteiger partial charge in [-0.25, -0.2) is 13.1 Å². The quantitative estimate of drug-likeness (QED) is 0.360. The molecule has 6 nitrogen and oxygen atoms in total. The van der Waals surface area contributed by atoms with E-state index in [-0.39, 0.29) is 17.5 Å². The molecular formula is C25H24Cl3N3O3S. The van der Waals surface area contributed by atoms with E-state index in [9.17, 15) is 8.42 Å². The average Bonchev–Trinajstić information content (AvgIpc) is 3.24. The zero-order valence-corrected chi connectivity index (χ0v) is 22.4. The van der Waals surface area contributed by atoms with Crippen LogP contribution in [0.1, 0.15) is 29.2 Å². The smallest absolute Gasteiger partial charge is 0.241 e. The Kier molecular flexibility index (Phi) is 7.64. The Morgan fingerprint density at radius 2 is 1.71 bits per heavy atom. The van der Waals surface area contributed by atoms with Crippen molar-refractivity contribution in [3.05, 3.63) is 86.4 Å². The fourth-order valence-electron chi connectivity index (χ4n) is 3.95. The number of rotatable bonds is 7. The monoisotopic (exact) mass is 551 g/mol. The van der Waals surface area contributed by atoms with Crippen molar-refractivity contribution in [2.24, 2.45) is 5.10 Å². The molecule has 0 amide bonds. The maximum atomic E-state index is 13.1. The molecule has 10 heteroatoms. The Hall–Kier alpha value is -2.29. The van der Waals surface area contributed by atoms with Crippen LogP contribution in [0, 0.1) is 13.8 Å². The minimum absolute atomic E-state index is 0.0534. The molecule has 1 unspecified atom stereocenters. The summed E-state index contributed by atoms with van der Waals surface area (Å²) in [7, 11) is -2.16. The third-order valence-electron chi connectivity index (χ3n) is 5.84. The molecule has 0 aromatic heterocycles. The third kappa shape index (κ3) is 5.60. The first-order valence-corrected chi connectivity index (χ1v) is 13.4. The van der Waals surface area contributed by atoms with E-state index >= 15 is 0 Å². The predicted octanol–water partition coefficient (Wildman–Crippen LogP) is 6.56. The first kappa shape index (κ1) is 25.8. The van der Waals surface area contributed by atoms with E-state index in [1.54, 1.807) is 51.3 Å². The number of hydrazone groups is 1. The van der Waals surface area contributed by atoms with E-state index in [1.807, 2.05) is 29.3 Å². The molecule has 1 atom stereocenters. The molecule has 35 heavy (non-hydrogen) atoms. The van der Waals surface area contributed by atoms with Crippen molar-refractivity contribution >= 4 is 56.2 Å². The van der Waals surface area contributed by atoms with Crippen LogP contribution in [0.15, 0.2) is 64.6 Å². The van der Waals surface area contributed by atoms with Gasteiger partial charge in [0.2, 0.25) is 10.0 Å². The maximum absolute atomic E-state index is 13.1. The Bertz CT molecular complexity index is 1390. The van der Waals surface area contributed by atoms with E-state index in [2.05, 4.69) is 4.72 Å². The van der Waals surface area contributed by atoms with Crippen molar-refractivity contribution in [1.82, 2.24) is 4.72 Å². The number of hydrogen-bond acceptors (Lipinski definition) is 5. The summed E-state index contributed by atoms with van der Waals surface area (Å²) < 4.78 is 34.1. The highest BCUT2D eigenvalue weighted by atomic mass is 35.5. The van der Waals surface area contributed by atoms with Gasteiger partial charge in [-0.05, 0) is 73.0 Å². The minimum Gasteiger partial charge on any atom is -0.497 e. The molecule has 1 aliphatic heterocycles. The Labute approximate surface area is 220 Å². The van der Waals surface area contributed by atoms with Crippen molar-refractivity contribution in [3.8, 4) is 5.75 Å². The first-order chi connectivity index (χ1) is 16.6. The number of sulfonamides is 1. The minimum atomic E-state index is -3.77. The van der Waals surface area contributed by atoms with E-state index in [0.717, 1.165) is 11.3 Å². The topological polar surface area (TPSA) is 71.0 Å². The molecular weight excluding hydrogens is 529 g/mol. The number of halogens is 3. The predicted molar refractivity (Wildman–Crippen MR) is 143 cm³/mol. The molecule has 0 spiro atoms. The molecule has 184 valence electrons. The van der Waals surface area contributed by atoms with Gasteiger partial charge in [-0.1, -0.05) is 46.9 Å². The highest BCUT2D eigenvalue weighted by Gasteiger charge is 2.31. The number of hydrogen-bond donors (Lipinski definition) is 1. The van der Waals surface area contributed by atoms with E-state index in [0.29, 0.717) is 44.0 Å². The Morgan fingerprint density at radius 3 is 2.37 bits per heavy atom. The van der Waals surface area contributed by atoms with Crippen LogP contribution in [0.4, 0.5) is 5.69 Å². The summed E-state index contributed by atoms with van der Waals surface area (Å²) in [5, 5.41) is 8.05. The molecule has 0 bridgehead atoms. The van der Waals surface area contributed by atoms with Crippen LogP contribution in [0.5, 0.6) is 5.75 Å². The van der Waals surface area contributed by atoms with Gasteiger partial charge in [0.25, 0.3) is 0 Å². The van der Waals surface area contributed by atoms with Gasteiger partial charge in [0, 0.05) is 16.5 Å². The molecule has 0 radical (unpaired) electrons. The van der Waals surface area contributed by atoms with Gasteiger partial charge < -0.3 is 4.74 Å². The lowest BCUT2D eigenvalue weighted by atomic mass is 10.0. The molecule has 3 aromatic carbocycles. The molecule has 3 aromatic rings.